The Labute approximate surface area is 250 Å². The van der Waals surface area contributed by atoms with Crippen molar-refractivity contribution in [1.82, 2.24) is 4.90 Å². The molecule has 10 heteroatoms. The summed E-state index contributed by atoms with van der Waals surface area (Å²) in [7, 11) is 0. The molecule has 1 aliphatic rings. The second kappa shape index (κ2) is 12.9. The first-order valence-electron chi connectivity index (χ1n) is 12.1. The third-order valence-corrected chi connectivity index (χ3v) is 7.88. The van der Waals surface area contributed by atoms with Crippen LogP contribution in [0.15, 0.2) is 59.5 Å². The Balaban J connectivity index is 1.50. The van der Waals surface area contributed by atoms with E-state index in [0.29, 0.717) is 34.4 Å². The Morgan fingerprint density at radius 2 is 1.87 bits per heavy atom. The van der Waals surface area contributed by atoms with E-state index in [-0.39, 0.29) is 18.1 Å². The molecule has 0 radical (unpaired) electrons. The largest absolute Gasteiger partial charge is 0.490 e. The molecule has 1 heterocycles. The van der Waals surface area contributed by atoms with Crippen LogP contribution in [-0.4, -0.2) is 35.1 Å². The van der Waals surface area contributed by atoms with Gasteiger partial charge in [0, 0.05) is 16.3 Å². The number of aryl methyl sites for hydroxylation is 2. The van der Waals surface area contributed by atoms with Gasteiger partial charge >= 0.3 is 0 Å². The van der Waals surface area contributed by atoms with E-state index in [4.69, 9.17) is 21.1 Å². The van der Waals surface area contributed by atoms with Crippen LogP contribution < -0.4 is 14.8 Å². The fourth-order valence-corrected chi connectivity index (χ4v) is 5.64. The molecule has 1 fully saturated rings. The highest BCUT2D eigenvalue weighted by Gasteiger charge is 2.36. The van der Waals surface area contributed by atoms with Crippen LogP contribution in [0.2, 0.25) is 5.02 Å². The highest BCUT2D eigenvalue weighted by molar-refractivity contribution is 14.1. The van der Waals surface area contributed by atoms with E-state index < -0.39 is 17.1 Å². The van der Waals surface area contributed by atoms with Crippen molar-refractivity contribution in [3.8, 4) is 11.5 Å². The summed E-state index contributed by atoms with van der Waals surface area (Å²) in [5.74, 6) is 0.106. The summed E-state index contributed by atoms with van der Waals surface area (Å²) in [6.07, 6.45) is 1.62. The van der Waals surface area contributed by atoms with E-state index in [1.807, 2.05) is 63.2 Å². The van der Waals surface area contributed by atoms with Gasteiger partial charge in [-0.15, -0.1) is 0 Å². The van der Waals surface area contributed by atoms with Gasteiger partial charge in [-0.25, -0.2) is 0 Å². The Kier molecular flexibility index (Phi) is 9.58. The lowest BCUT2D eigenvalue weighted by molar-refractivity contribution is -0.127. The lowest BCUT2D eigenvalue weighted by Crippen LogP contribution is -2.36. The average molecular weight is 677 g/mol. The van der Waals surface area contributed by atoms with Crippen molar-refractivity contribution < 1.29 is 23.9 Å². The van der Waals surface area contributed by atoms with Crippen molar-refractivity contribution in [3.63, 3.8) is 0 Å². The molecule has 0 aliphatic carbocycles. The van der Waals surface area contributed by atoms with E-state index in [1.165, 1.54) is 0 Å². The zero-order valence-corrected chi connectivity index (χ0v) is 25.3. The van der Waals surface area contributed by atoms with Gasteiger partial charge in [0.05, 0.1) is 15.1 Å². The number of amides is 3. The number of anilines is 1. The maximum absolute atomic E-state index is 13.0. The van der Waals surface area contributed by atoms with Crippen molar-refractivity contribution in [3.05, 3.63) is 90.3 Å². The van der Waals surface area contributed by atoms with E-state index >= 15 is 0 Å². The Morgan fingerprint density at radius 1 is 1.10 bits per heavy atom. The van der Waals surface area contributed by atoms with Gasteiger partial charge in [0.25, 0.3) is 11.1 Å². The van der Waals surface area contributed by atoms with Crippen LogP contribution in [0.25, 0.3) is 6.08 Å². The predicted octanol–water partition coefficient (Wildman–Crippen LogP) is 7.21. The van der Waals surface area contributed by atoms with Gasteiger partial charge in [0.1, 0.15) is 13.2 Å². The van der Waals surface area contributed by atoms with E-state index in [1.54, 1.807) is 18.2 Å². The molecule has 3 aromatic carbocycles. The fraction of sp³-hybridized carbons (Fsp3) is 0.207. The average Bonchev–Trinajstić information content (AvgIpc) is 3.14. The number of hydrogen-bond donors (Lipinski definition) is 1. The Morgan fingerprint density at radius 3 is 2.62 bits per heavy atom. The maximum atomic E-state index is 13.0. The molecule has 0 unspecified atom stereocenters. The summed E-state index contributed by atoms with van der Waals surface area (Å²) in [5, 5.41) is 2.91. The van der Waals surface area contributed by atoms with Crippen LogP contribution in [-0.2, 0) is 16.2 Å². The van der Waals surface area contributed by atoms with Crippen molar-refractivity contribution in [2.24, 2.45) is 0 Å². The van der Waals surface area contributed by atoms with Crippen LogP contribution in [0.4, 0.5) is 10.5 Å². The maximum Gasteiger partial charge on any atom is 0.294 e. The van der Waals surface area contributed by atoms with Crippen molar-refractivity contribution >= 4 is 74.8 Å². The molecular formula is C29H26ClIN2O5S. The van der Waals surface area contributed by atoms with Crippen molar-refractivity contribution in [2.45, 2.75) is 27.4 Å². The summed E-state index contributed by atoms with van der Waals surface area (Å²) in [6, 6.07) is 16.7. The zero-order valence-electron chi connectivity index (χ0n) is 21.5. The summed E-state index contributed by atoms with van der Waals surface area (Å²) >= 11 is 9.21. The van der Waals surface area contributed by atoms with Crippen LogP contribution in [0.3, 0.4) is 0 Å². The highest BCUT2D eigenvalue weighted by atomic mass is 127. The van der Waals surface area contributed by atoms with Gasteiger partial charge in [0.2, 0.25) is 5.91 Å². The molecule has 202 valence electrons. The molecule has 39 heavy (non-hydrogen) atoms. The van der Waals surface area contributed by atoms with Crippen molar-refractivity contribution in [2.75, 3.05) is 18.5 Å². The number of rotatable bonds is 9. The number of imide groups is 1. The number of nitrogens with one attached hydrogen (secondary N) is 1. The van der Waals surface area contributed by atoms with Crippen LogP contribution in [0.5, 0.6) is 11.5 Å². The molecule has 1 aliphatic heterocycles. The molecule has 0 bridgehead atoms. The number of nitrogens with zero attached hydrogens (tertiary/aromatic N) is 1. The first-order chi connectivity index (χ1) is 18.7. The molecular weight excluding hydrogens is 651 g/mol. The lowest BCUT2D eigenvalue weighted by Gasteiger charge is -2.15. The predicted molar refractivity (Wildman–Crippen MR) is 163 cm³/mol. The number of carbonyl (C=O) groups is 3. The molecule has 3 amide bonds. The van der Waals surface area contributed by atoms with Gasteiger partial charge in [-0.1, -0.05) is 41.9 Å². The van der Waals surface area contributed by atoms with Crippen LogP contribution >= 0.6 is 46.0 Å². The van der Waals surface area contributed by atoms with Gasteiger partial charge in [-0.2, -0.15) is 0 Å². The minimum atomic E-state index is -0.520. The van der Waals surface area contributed by atoms with Gasteiger partial charge < -0.3 is 14.8 Å². The molecule has 1 N–H and O–H groups in total. The summed E-state index contributed by atoms with van der Waals surface area (Å²) < 4.78 is 12.7. The highest BCUT2D eigenvalue weighted by Crippen LogP contribution is 2.38. The van der Waals surface area contributed by atoms with E-state index in [0.717, 1.165) is 36.9 Å². The SMILES string of the molecule is CCOc1cc(/C=C2/SC(=O)N(CC(=O)Nc3cc(C)ccc3C)C2=O)cc(I)c1OCc1ccccc1Cl. The van der Waals surface area contributed by atoms with Crippen LogP contribution in [0.1, 0.15) is 29.2 Å². The molecule has 1 saturated heterocycles. The minimum absolute atomic E-state index is 0.225. The normalized spacial score (nSPS) is 14.2. The lowest BCUT2D eigenvalue weighted by atomic mass is 10.1. The second-order valence-electron chi connectivity index (χ2n) is 8.78. The van der Waals surface area contributed by atoms with Crippen LogP contribution in [0, 0.1) is 17.4 Å². The molecule has 4 rings (SSSR count). The molecule has 3 aromatic rings. The third-order valence-electron chi connectivity index (χ3n) is 5.80. The van der Waals surface area contributed by atoms with E-state index in [9.17, 15) is 14.4 Å². The summed E-state index contributed by atoms with van der Waals surface area (Å²) in [4.78, 5) is 39.5. The molecule has 0 atom stereocenters. The molecule has 0 aromatic heterocycles. The third kappa shape index (κ3) is 7.14. The molecule has 0 saturated carbocycles. The number of hydrogen-bond acceptors (Lipinski definition) is 6. The van der Waals surface area contributed by atoms with E-state index in [2.05, 4.69) is 27.9 Å². The summed E-state index contributed by atoms with van der Waals surface area (Å²) in [5.41, 5.74) is 4.04. The number of benzene rings is 3. The molecule has 7 nitrogen and oxygen atoms in total. The topological polar surface area (TPSA) is 84.9 Å². The Hall–Kier alpha value is -3.02. The minimum Gasteiger partial charge on any atom is -0.490 e. The van der Waals surface area contributed by atoms with Crippen molar-refractivity contribution in [1.29, 1.82) is 0 Å². The van der Waals surface area contributed by atoms with Gasteiger partial charge in [-0.3, -0.25) is 19.3 Å². The number of carbonyl (C=O) groups excluding carboxylic acids is 3. The van der Waals surface area contributed by atoms with Gasteiger partial charge in [-0.05, 0) is 102 Å². The fourth-order valence-electron chi connectivity index (χ4n) is 3.83. The summed E-state index contributed by atoms with van der Waals surface area (Å²) in [6.45, 7) is 5.97. The first kappa shape index (κ1) is 29.0. The number of thioether (sulfide) groups is 1. The quantitative estimate of drug-likeness (QED) is 0.191. The Bertz CT molecular complexity index is 1480. The number of ether oxygens (including phenoxy) is 2. The number of halogens is 2. The standard InChI is InChI=1S/C29H26ClIN2O5S/c1-4-37-24-13-19(12-22(31)27(24)38-16-20-7-5-6-8-21(20)30)14-25-28(35)33(29(36)39-25)15-26(34)32-23-11-17(2)9-10-18(23)3/h5-14H,4,15-16H2,1-3H3,(H,32,34)/b25-14+. The second-order valence-corrected chi connectivity index (χ2v) is 11.3. The monoisotopic (exact) mass is 676 g/mol. The van der Waals surface area contributed by atoms with Gasteiger partial charge in [0.15, 0.2) is 11.5 Å². The smallest absolute Gasteiger partial charge is 0.294 e. The first-order valence-corrected chi connectivity index (χ1v) is 14.4. The molecule has 0 spiro atoms. The zero-order chi connectivity index (χ0) is 28.1.